The number of hydrogen-bond acceptors (Lipinski definition) is 5. The van der Waals surface area contributed by atoms with Crippen LogP contribution in [-0.2, 0) is 16.2 Å². The van der Waals surface area contributed by atoms with Gasteiger partial charge in [-0.1, -0.05) is 17.7 Å². The standard InChI is InChI=1S/C19H19NO3S3/c1-12-3-5-14(6-4-12)26(23)20-16(9-19(21)22)18-8-7-17(25-18)15-11-24-10-13(15)2/h3-8,10-11,16,20H,9H2,1-2H3,(H,21,22). The summed E-state index contributed by atoms with van der Waals surface area (Å²) in [5, 5.41) is 13.5. The topological polar surface area (TPSA) is 72.4 Å². The van der Waals surface area contributed by atoms with Crippen LogP contribution in [0.25, 0.3) is 10.4 Å². The fourth-order valence-electron chi connectivity index (χ4n) is 2.53. The zero-order valence-electron chi connectivity index (χ0n) is 14.4. The lowest BCUT2D eigenvalue weighted by Gasteiger charge is -2.17. The molecule has 0 spiro atoms. The van der Waals surface area contributed by atoms with Crippen molar-refractivity contribution >= 4 is 40.0 Å². The molecule has 2 heterocycles. The number of hydrogen-bond donors (Lipinski definition) is 2. The number of aryl methyl sites for hydroxylation is 2. The highest BCUT2D eigenvalue weighted by Gasteiger charge is 2.24. The third kappa shape index (κ3) is 4.55. The molecule has 2 N–H and O–H groups in total. The number of nitrogens with one attached hydrogen (secondary N) is 1. The third-order valence-electron chi connectivity index (χ3n) is 3.95. The minimum absolute atomic E-state index is 0.125. The van der Waals surface area contributed by atoms with Gasteiger partial charge in [0.25, 0.3) is 0 Å². The van der Waals surface area contributed by atoms with Crippen LogP contribution in [0.1, 0.15) is 28.5 Å². The Morgan fingerprint density at radius 1 is 1.19 bits per heavy atom. The zero-order chi connectivity index (χ0) is 18.7. The lowest BCUT2D eigenvalue weighted by atomic mass is 10.1. The number of carboxylic acid groups (broad SMARTS) is 1. The second kappa shape index (κ2) is 8.37. The highest BCUT2D eigenvalue weighted by atomic mass is 32.2. The van der Waals surface area contributed by atoms with Gasteiger partial charge in [0.05, 0.1) is 23.8 Å². The summed E-state index contributed by atoms with van der Waals surface area (Å²) in [7, 11) is 0. The first-order valence-corrected chi connectivity index (χ1v) is 10.9. The molecule has 7 heteroatoms. The summed E-state index contributed by atoms with van der Waals surface area (Å²) in [6.07, 6.45) is -0.125. The van der Waals surface area contributed by atoms with E-state index in [0.29, 0.717) is 4.90 Å². The predicted octanol–water partition coefficient (Wildman–Crippen LogP) is 4.92. The van der Waals surface area contributed by atoms with Crippen LogP contribution in [0.3, 0.4) is 0 Å². The van der Waals surface area contributed by atoms with E-state index in [1.54, 1.807) is 34.8 Å². The van der Waals surface area contributed by atoms with Crippen molar-refractivity contribution in [1.29, 1.82) is 0 Å². The number of thiophene rings is 2. The molecule has 0 saturated carbocycles. The molecule has 2 unspecified atom stereocenters. The Bertz CT molecular complexity index is 886. The first-order valence-electron chi connectivity index (χ1n) is 8.03. The van der Waals surface area contributed by atoms with E-state index >= 15 is 0 Å². The average Bonchev–Trinajstić information content (AvgIpc) is 3.23. The van der Waals surface area contributed by atoms with Crippen molar-refractivity contribution in [3.05, 3.63) is 63.2 Å². The van der Waals surface area contributed by atoms with E-state index in [1.165, 1.54) is 11.1 Å². The minimum Gasteiger partial charge on any atom is -0.593 e. The normalized spacial score (nSPS) is 13.5. The maximum absolute atomic E-state index is 12.6. The number of aliphatic carboxylic acids is 1. The molecule has 3 aromatic rings. The van der Waals surface area contributed by atoms with Gasteiger partial charge in [-0.15, -0.1) is 16.1 Å². The number of carbonyl (C=O) groups is 1. The van der Waals surface area contributed by atoms with Crippen molar-refractivity contribution in [3.63, 3.8) is 0 Å². The number of carboxylic acids is 1. The van der Waals surface area contributed by atoms with Crippen LogP contribution in [0.15, 0.2) is 52.1 Å². The maximum atomic E-state index is 12.6. The summed E-state index contributed by atoms with van der Waals surface area (Å²) >= 11 is 1.71. The third-order valence-corrected chi connectivity index (χ3v) is 7.25. The molecule has 0 aliphatic carbocycles. The first kappa shape index (κ1) is 19.1. The van der Waals surface area contributed by atoms with Gasteiger partial charge in [-0.3, -0.25) is 4.79 Å². The van der Waals surface area contributed by atoms with Gasteiger partial charge in [0.1, 0.15) is 0 Å². The second-order valence-electron chi connectivity index (χ2n) is 6.02. The van der Waals surface area contributed by atoms with E-state index < -0.39 is 23.4 Å². The first-order chi connectivity index (χ1) is 12.4. The van der Waals surface area contributed by atoms with Crippen molar-refractivity contribution in [3.8, 4) is 10.4 Å². The SMILES string of the molecule is Cc1ccc([S+]([O-])NC(CC(=O)O)c2ccc(-c3cscc3C)s2)cc1. The Kier molecular flexibility index (Phi) is 6.16. The second-order valence-corrected chi connectivity index (χ2v) is 9.12. The maximum Gasteiger partial charge on any atom is 0.305 e. The van der Waals surface area contributed by atoms with E-state index in [9.17, 15) is 14.5 Å². The molecule has 0 aliphatic rings. The van der Waals surface area contributed by atoms with E-state index in [1.807, 2.05) is 31.2 Å². The van der Waals surface area contributed by atoms with Crippen molar-refractivity contribution in [2.24, 2.45) is 0 Å². The van der Waals surface area contributed by atoms with E-state index in [-0.39, 0.29) is 6.42 Å². The fraction of sp³-hybridized carbons (Fsp3) is 0.211. The Balaban J connectivity index is 1.82. The van der Waals surface area contributed by atoms with E-state index in [0.717, 1.165) is 15.3 Å². The average molecular weight is 406 g/mol. The molecule has 4 nitrogen and oxygen atoms in total. The van der Waals surface area contributed by atoms with E-state index in [4.69, 9.17) is 0 Å². The monoisotopic (exact) mass is 405 g/mol. The Labute approximate surface area is 163 Å². The molecular formula is C19H19NO3S3. The lowest BCUT2D eigenvalue weighted by molar-refractivity contribution is -0.137. The van der Waals surface area contributed by atoms with Gasteiger partial charge < -0.3 is 9.66 Å². The smallest absolute Gasteiger partial charge is 0.305 e. The summed E-state index contributed by atoms with van der Waals surface area (Å²) < 4.78 is 15.6. The molecule has 2 aromatic heterocycles. The van der Waals surface area contributed by atoms with Gasteiger partial charge >= 0.3 is 5.97 Å². The number of benzene rings is 1. The van der Waals surface area contributed by atoms with Crippen molar-refractivity contribution in [2.45, 2.75) is 31.2 Å². The van der Waals surface area contributed by atoms with Gasteiger partial charge in [-0.2, -0.15) is 11.3 Å². The summed E-state index contributed by atoms with van der Waals surface area (Å²) in [6.45, 7) is 4.03. The van der Waals surface area contributed by atoms with Gasteiger partial charge in [0.15, 0.2) is 4.90 Å². The molecule has 0 bridgehead atoms. The highest BCUT2D eigenvalue weighted by Crippen LogP contribution is 2.36. The van der Waals surface area contributed by atoms with Crippen LogP contribution in [0, 0.1) is 13.8 Å². The molecule has 1 aromatic carbocycles. The molecule has 0 aliphatic heterocycles. The van der Waals surface area contributed by atoms with Crippen molar-refractivity contribution < 1.29 is 14.5 Å². The van der Waals surface area contributed by atoms with Gasteiger partial charge in [-0.05, 0) is 54.4 Å². The summed E-state index contributed by atoms with van der Waals surface area (Å²) in [5.74, 6) is -0.926. The van der Waals surface area contributed by atoms with Crippen LogP contribution in [-0.4, -0.2) is 15.6 Å². The van der Waals surface area contributed by atoms with Crippen LogP contribution in [0.5, 0.6) is 0 Å². The Morgan fingerprint density at radius 2 is 1.92 bits per heavy atom. The molecule has 0 fully saturated rings. The fourth-order valence-corrected chi connectivity index (χ4v) is 5.66. The lowest BCUT2D eigenvalue weighted by Crippen LogP contribution is -2.29. The van der Waals surface area contributed by atoms with Crippen molar-refractivity contribution in [2.75, 3.05) is 0 Å². The van der Waals surface area contributed by atoms with Crippen LogP contribution < -0.4 is 4.72 Å². The molecule has 0 amide bonds. The van der Waals surface area contributed by atoms with Gasteiger partial charge in [-0.25, -0.2) is 0 Å². The summed E-state index contributed by atoms with van der Waals surface area (Å²) in [5.41, 5.74) is 3.45. The van der Waals surface area contributed by atoms with Crippen LogP contribution in [0.4, 0.5) is 0 Å². The van der Waals surface area contributed by atoms with Gasteiger partial charge in [0, 0.05) is 15.3 Å². The Morgan fingerprint density at radius 3 is 2.54 bits per heavy atom. The predicted molar refractivity (Wildman–Crippen MR) is 108 cm³/mol. The summed E-state index contributed by atoms with van der Waals surface area (Å²) in [4.78, 5) is 13.9. The molecule has 26 heavy (non-hydrogen) atoms. The molecule has 3 rings (SSSR count). The van der Waals surface area contributed by atoms with Gasteiger partial charge in [0.2, 0.25) is 0 Å². The van der Waals surface area contributed by atoms with Crippen LogP contribution >= 0.6 is 22.7 Å². The van der Waals surface area contributed by atoms with Crippen molar-refractivity contribution in [1.82, 2.24) is 4.72 Å². The molecular weight excluding hydrogens is 386 g/mol. The quantitative estimate of drug-likeness (QED) is 0.547. The van der Waals surface area contributed by atoms with Crippen LogP contribution in [0.2, 0.25) is 0 Å². The van der Waals surface area contributed by atoms with E-state index in [2.05, 4.69) is 22.4 Å². The molecule has 136 valence electrons. The zero-order valence-corrected chi connectivity index (χ0v) is 16.8. The minimum atomic E-state index is -1.48. The summed E-state index contributed by atoms with van der Waals surface area (Å²) in [6, 6.07) is 10.8. The molecule has 0 saturated heterocycles. The number of rotatable bonds is 7. The highest BCUT2D eigenvalue weighted by molar-refractivity contribution is 7.89. The largest absolute Gasteiger partial charge is 0.593 e. The molecule has 2 atom stereocenters. The Hall–Kier alpha value is -1.64. The molecule has 0 radical (unpaired) electrons.